The molecule has 82 valence electrons. The van der Waals surface area contributed by atoms with Gasteiger partial charge in [-0.25, -0.2) is 0 Å². The lowest BCUT2D eigenvalue weighted by atomic mass is 10.0. The van der Waals surface area contributed by atoms with Gasteiger partial charge < -0.3 is 10.0 Å². The molecule has 0 aromatic carbocycles. The second kappa shape index (κ2) is 4.39. The summed E-state index contributed by atoms with van der Waals surface area (Å²) in [6.45, 7) is 0.709. The summed E-state index contributed by atoms with van der Waals surface area (Å²) in [6, 6.07) is -0.0667. The third kappa shape index (κ3) is 1.99. The molecule has 1 aliphatic heterocycles. The Morgan fingerprint density at radius 2 is 2.53 bits per heavy atom. The Morgan fingerprint density at radius 1 is 1.67 bits per heavy atom. The van der Waals surface area contributed by atoms with Crippen LogP contribution in [0, 0.1) is 0 Å². The third-order valence-electron chi connectivity index (χ3n) is 2.73. The number of carbonyl (C=O) groups excluding carboxylic acids is 1. The summed E-state index contributed by atoms with van der Waals surface area (Å²) in [5, 5.41) is 18.9. The zero-order valence-corrected chi connectivity index (χ0v) is 8.39. The van der Waals surface area contributed by atoms with Crippen molar-refractivity contribution in [2.75, 3.05) is 13.2 Å². The molecular weight excluding hydrogens is 196 g/mol. The molecule has 0 aliphatic carbocycles. The van der Waals surface area contributed by atoms with Crippen LogP contribution in [-0.2, 0) is 0 Å². The van der Waals surface area contributed by atoms with Crippen molar-refractivity contribution >= 4 is 5.91 Å². The minimum absolute atomic E-state index is 0.0175. The highest BCUT2D eigenvalue weighted by molar-refractivity contribution is 5.92. The lowest BCUT2D eigenvalue weighted by Crippen LogP contribution is -2.45. The van der Waals surface area contributed by atoms with Crippen LogP contribution in [0.2, 0.25) is 0 Å². The van der Waals surface area contributed by atoms with Gasteiger partial charge in [-0.3, -0.25) is 4.79 Å². The van der Waals surface area contributed by atoms with Crippen molar-refractivity contribution in [3.05, 3.63) is 11.9 Å². The predicted molar refractivity (Wildman–Crippen MR) is 52.1 cm³/mol. The SMILES string of the molecule is O=C(c1cn[nH]n1)N1CCCCC1CO. The van der Waals surface area contributed by atoms with Crippen LogP contribution in [0.15, 0.2) is 6.20 Å². The van der Waals surface area contributed by atoms with Crippen LogP contribution in [0.4, 0.5) is 0 Å². The van der Waals surface area contributed by atoms with Crippen molar-refractivity contribution in [1.82, 2.24) is 20.3 Å². The number of likely N-dealkylation sites (tertiary alicyclic amines) is 1. The van der Waals surface area contributed by atoms with Gasteiger partial charge in [0.05, 0.1) is 18.8 Å². The summed E-state index contributed by atoms with van der Waals surface area (Å²) in [5.74, 6) is -0.150. The lowest BCUT2D eigenvalue weighted by Gasteiger charge is -2.33. The summed E-state index contributed by atoms with van der Waals surface area (Å²) >= 11 is 0. The van der Waals surface area contributed by atoms with Gasteiger partial charge >= 0.3 is 0 Å². The van der Waals surface area contributed by atoms with Gasteiger partial charge in [-0.1, -0.05) is 0 Å². The van der Waals surface area contributed by atoms with E-state index in [1.165, 1.54) is 6.20 Å². The maximum atomic E-state index is 11.9. The standard InChI is InChI=1S/C9H14N4O2/c14-6-7-3-1-2-4-13(7)9(15)8-5-10-12-11-8/h5,7,14H,1-4,6H2,(H,10,11,12). The van der Waals surface area contributed by atoms with Crippen molar-refractivity contribution in [2.45, 2.75) is 25.3 Å². The highest BCUT2D eigenvalue weighted by Crippen LogP contribution is 2.18. The van der Waals surface area contributed by atoms with Gasteiger partial charge in [0, 0.05) is 6.54 Å². The average molecular weight is 210 g/mol. The number of amides is 1. The van der Waals surface area contributed by atoms with E-state index in [4.69, 9.17) is 0 Å². The van der Waals surface area contributed by atoms with Crippen LogP contribution >= 0.6 is 0 Å². The first-order chi connectivity index (χ1) is 7.33. The second-order valence-corrected chi connectivity index (χ2v) is 3.69. The molecule has 2 N–H and O–H groups in total. The van der Waals surface area contributed by atoms with Crippen LogP contribution in [0.1, 0.15) is 29.8 Å². The van der Waals surface area contributed by atoms with E-state index >= 15 is 0 Å². The van der Waals surface area contributed by atoms with Crippen LogP contribution in [0.25, 0.3) is 0 Å². The fourth-order valence-corrected chi connectivity index (χ4v) is 1.91. The highest BCUT2D eigenvalue weighted by Gasteiger charge is 2.27. The van der Waals surface area contributed by atoms with Crippen molar-refractivity contribution in [3.8, 4) is 0 Å². The first kappa shape index (κ1) is 10.1. The maximum Gasteiger partial charge on any atom is 0.276 e. The number of H-pyrrole nitrogens is 1. The van der Waals surface area contributed by atoms with Gasteiger partial charge in [-0.15, -0.1) is 0 Å². The first-order valence-corrected chi connectivity index (χ1v) is 5.10. The van der Waals surface area contributed by atoms with Crippen molar-refractivity contribution in [2.24, 2.45) is 0 Å². The van der Waals surface area contributed by atoms with E-state index in [2.05, 4.69) is 15.4 Å². The molecule has 1 aromatic heterocycles. The number of aromatic amines is 1. The molecule has 1 unspecified atom stereocenters. The Balaban J connectivity index is 2.11. The van der Waals surface area contributed by atoms with E-state index in [0.29, 0.717) is 12.2 Å². The van der Waals surface area contributed by atoms with Gasteiger partial charge in [0.15, 0.2) is 5.69 Å². The molecule has 1 aliphatic rings. The Labute approximate surface area is 87.3 Å². The number of hydrogen-bond acceptors (Lipinski definition) is 4. The molecule has 15 heavy (non-hydrogen) atoms. The number of hydrogen-bond donors (Lipinski definition) is 2. The highest BCUT2D eigenvalue weighted by atomic mass is 16.3. The van der Waals surface area contributed by atoms with Crippen LogP contribution in [0.3, 0.4) is 0 Å². The molecule has 0 bridgehead atoms. The molecule has 1 aromatic rings. The molecule has 0 saturated carbocycles. The lowest BCUT2D eigenvalue weighted by molar-refractivity contribution is 0.0497. The topological polar surface area (TPSA) is 82.1 Å². The molecular formula is C9H14N4O2. The van der Waals surface area contributed by atoms with E-state index in [9.17, 15) is 9.90 Å². The van der Waals surface area contributed by atoms with Crippen LogP contribution in [0.5, 0.6) is 0 Å². The molecule has 0 spiro atoms. The van der Waals surface area contributed by atoms with E-state index < -0.39 is 0 Å². The van der Waals surface area contributed by atoms with Gasteiger partial charge in [-0.2, -0.15) is 15.4 Å². The molecule has 1 amide bonds. The number of aliphatic hydroxyl groups excluding tert-OH is 1. The molecule has 2 heterocycles. The Bertz CT molecular complexity index is 325. The van der Waals surface area contributed by atoms with Gasteiger partial charge in [0.1, 0.15) is 0 Å². The monoisotopic (exact) mass is 210 g/mol. The number of nitrogens with zero attached hydrogens (tertiary/aromatic N) is 3. The van der Waals surface area contributed by atoms with Crippen LogP contribution < -0.4 is 0 Å². The van der Waals surface area contributed by atoms with E-state index in [0.717, 1.165) is 19.3 Å². The fraction of sp³-hybridized carbons (Fsp3) is 0.667. The number of aliphatic hydroxyl groups is 1. The Morgan fingerprint density at radius 3 is 3.20 bits per heavy atom. The van der Waals surface area contributed by atoms with Crippen molar-refractivity contribution in [1.29, 1.82) is 0 Å². The number of aromatic nitrogens is 3. The smallest absolute Gasteiger partial charge is 0.276 e. The molecule has 0 radical (unpaired) electrons. The molecule has 1 saturated heterocycles. The summed E-state index contributed by atoms with van der Waals surface area (Å²) < 4.78 is 0. The average Bonchev–Trinajstić information content (AvgIpc) is 2.81. The summed E-state index contributed by atoms with van der Waals surface area (Å²) in [7, 11) is 0. The van der Waals surface area contributed by atoms with E-state index in [1.807, 2.05) is 0 Å². The number of nitrogens with one attached hydrogen (secondary N) is 1. The minimum atomic E-state index is -0.150. The minimum Gasteiger partial charge on any atom is -0.394 e. The second-order valence-electron chi connectivity index (χ2n) is 3.69. The van der Waals surface area contributed by atoms with Gasteiger partial charge in [0.25, 0.3) is 5.91 Å². The molecule has 6 nitrogen and oxygen atoms in total. The molecule has 2 rings (SSSR count). The van der Waals surface area contributed by atoms with Crippen molar-refractivity contribution in [3.63, 3.8) is 0 Å². The van der Waals surface area contributed by atoms with Crippen LogP contribution in [-0.4, -0.2) is 50.5 Å². The Hall–Kier alpha value is -1.43. The summed E-state index contributed by atoms with van der Waals surface area (Å²) in [5.41, 5.74) is 0.315. The maximum absolute atomic E-state index is 11.9. The normalized spacial score (nSPS) is 21.7. The Kier molecular flexibility index (Phi) is 2.96. The number of carbonyl (C=O) groups is 1. The largest absolute Gasteiger partial charge is 0.394 e. The van der Waals surface area contributed by atoms with Crippen molar-refractivity contribution < 1.29 is 9.90 Å². The third-order valence-corrected chi connectivity index (χ3v) is 2.73. The van der Waals surface area contributed by atoms with E-state index in [1.54, 1.807) is 4.90 Å². The fourth-order valence-electron chi connectivity index (χ4n) is 1.91. The number of rotatable bonds is 2. The molecule has 1 fully saturated rings. The van der Waals surface area contributed by atoms with Gasteiger partial charge in [-0.05, 0) is 19.3 Å². The van der Waals surface area contributed by atoms with Gasteiger partial charge in [0.2, 0.25) is 0 Å². The predicted octanol–water partition coefficient (Wildman–Crippen LogP) is -0.208. The summed E-state index contributed by atoms with van der Waals surface area (Å²) in [4.78, 5) is 13.6. The molecule has 6 heteroatoms. The summed E-state index contributed by atoms with van der Waals surface area (Å²) in [6.07, 6.45) is 4.32. The molecule has 1 atom stereocenters. The number of piperidine rings is 1. The zero-order valence-electron chi connectivity index (χ0n) is 8.39. The first-order valence-electron chi connectivity index (χ1n) is 5.10. The quantitative estimate of drug-likeness (QED) is 0.707. The zero-order chi connectivity index (χ0) is 10.7. The van der Waals surface area contributed by atoms with E-state index in [-0.39, 0.29) is 18.6 Å².